The molecule has 0 unspecified atom stereocenters. The Bertz CT molecular complexity index is 1230. The molecule has 0 saturated heterocycles. The minimum atomic E-state index is -0.366. The van der Waals surface area contributed by atoms with Gasteiger partial charge in [0.25, 0.3) is 5.91 Å². The van der Waals surface area contributed by atoms with E-state index in [1.807, 2.05) is 35.8 Å². The van der Waals surface area contributed by atoms with Crippen molar-refractivity contribution in [3.05, 3.63) is 66.1 Å². The number of imidazole rings is 1. The number of nitrogens with one attached hydrogen (secondary N) is 1. The standard InChI is InChI=1S/C22H19N3O5/c1-2-25-17-6-4-3-5-16(17)23-22(25)24-21(26)19-10-8-15(30-19)12-27-14-7-9-18-20(11-14)29-13-28-18/h3-11H,2,12-13H2,1H3,(H,23,24,26). The van der Waals surface area contributed by atoms with Crippen LogP contribution in [0.5, 0.6) is 17.2 Å². The highest BCUT2D eigenvalue weighted by Gasteiger charge is 2.17. The van der Waals surface area contributed by atoms with E-state index in [-0.39, 0.29) is 25.1 Å². The second-order valence-electron chi connectivity index (χ2n) is 6.69. The first kappa shape index (κ1) is 18.1. The fraction of sp³-hybridized carbons (Fsp3) is 0.182. The molecule has 8 heteroatoms. The molecule has 2 aromatic heterocycles. The molecule has 8 nitrogen and oxygen atoms in total. The molecular formula is C22H19N3O5. The molecule has 4 aromatic rings. The predicted octanol–water partition coefficient (Wildman–Crippen LogP) is 4.21. The third-order valence-corrected chi connectivity index (χ3v) is 4.81. The summed E-state index contributed by atoms with van der Waals surface area (Å²) in [6, 6.07) is 16.4. The van der Waals surface area contributed by atoms with Crippen LogP contribution < -0.4 is 19.5 Å². The molecule has 0 radical (unpaired) electrons. The number of aromatic nitrogens is 2. The summed E-state index contributed by atoms with van der Waals surface area (Å²) in [5, 5.41) is 2.83. The lowest BCUT2D eigenvalue weighted by Crippen LogP contribution is -2.15. The van der Waals surface area contributed by atoms with Crippen LogP contribution in [0.1, 0.15) is 23.2 Å². The summed E-state index contributed by atoms with van der Waals surface area (Å²) >= 11 is 0. The van der Waals surface area contributed by atoms with E-state index >= 15 is 0 Å². The minimum absolute atomic E-state index is 0.181. The van der Waals surface area contributed by atoms with E-state index in [1.165, 1.54) is 0 Å². The second kappa shape index (κ2) is 7.47. The smallest absolute Gasteiger partial charge is 0.293 e. The number of aryl methyl sites for hydroxylation is 1. The second-order valence-corrected chi connectivity index (χ2v) is 6.69. The van der Waals surface area contributed by atoms with Gasteiger partial charge in [-0.3, -0.25) is 10.1 Å². The monoisotopic (exact) mass is 405 g/mol. The van der Waals surface area contributed by atoms with E-state index < -0.39 is 0 Å². The third-order valence-electron chi connectivity index (χ3n) is 4.81. The number of para-hydroxylation sites is 2. The van der Waals surface area contributed by atoms with Crippen LogP contribution in [0.15, 0.2) is 59.0 Å². The number of fused-ring (bicyclic) bond motifs is 2. The van der Waals surface area contributed by atoms with Crippen LogP contribution >= 0.6 is 0 Å². The molecule has 152 valence electrons. The van der Waals surface area contributed by atoms with Gasteiger partial charge in [0.1, 0.15) is 18.1 Å². The maximum atomic E-state index is 12.6. The molecule has 1 aliphatic heterocycles. The van der Waals surface area contributed by atoms with Crippen molar-refractivity contribution in [2.24, 2.45) is 0 Å². The summed E-state index contributed by atoms with van der Waals surface area (Å²) in [7, 11) is 0. The van der Waals surface area contributed by atoms with Gasteiger partial charge in [0, 0.05) is 12.6 Å². The van der Waals surface area contributed by atoms with Crippen LogP contribution in [-0.4, -0.2) is 22.3 Å². The van der Waals surface area contributed by atoms with Gasteiger partial charge in [-0.25, -0.2) is 4.98 Å². The highest BCUT2D eigenvalue weighted by atomic mass is 16.7. The van der Waals surface area contributed by atoms with Crippen LogP contribution in [0.25, 0.3) is 11.0 Å². The van der Waals surface area contributed by atoms with E-state index in [2.05, 4.69) is 10.3 Å². The molecule has 3 heterocycles. The molecule has 0 fully saturated rings. The number of carbonyl (C=O) groups is 1. The van der Waals surface area contributed by atoms with Crippen LogP contribution in [0.3, 0.4) is 0 Å². The Morgan fingerprint density at radius 2 is 2.00 bits per heavy atom. The van der Waals surface area contributed by atoms with Crippen LogP contribution in [0.4, 0.5) is 5.95 Å². The lowest BCUT2D eigenvalue weighted by atomic mass is 10.3. The van der Waals surface area contributed by atoms with Gasteiger partial charge in [-0.2, -0.15) is 0 Å². The number of furan rings is 1. The quantitative estimate of drug-likeness (QED) is 0.517. The fourth-order valence-electron chi connectivity index (χ4n) is 3.35. The third kappa shape index (κ3) is 3.32. The average molecular weight is 405 g/mol. The fourth-order valence-corrected chi connectivity index (χ4v) is 3.35. The van der Waals surface area contributed by atoms with Gasteiger partial charge in [0.2, 0.25) is 12.7 Å². The van der Waals surface area contributed by atoms with E-state index in [4.69, 9.17) is 18.6 Å². The maximum absolute atomic E-state index is 12.6. The summed E-state index contributed by atoms with van der Waals surface area (Å²) in [4.78, 5) is 17.1. The largest absolute Gasteiger partial charge is 0.486 e. The molecule has 0 bridgehead atoms. The van der Waals surface area contributed by atoms with Crippen molar-refractivity contribution in [3.8, 4) is 17.2 Å². The van der Waals surface area contributed by atoms with Crippen LogP contribution in [0.2, 0.25) is 0 Å². The van der Waals surface area contributed by atoms with Crippen molar-refractivity contribution >= 4 is 22.9 Å². The van der Waals surface area contributed by atoms with E-state index in [1.54, 1.807) is 30.3 Å². The molecule has 0 aliphatic carbocycles. The van der Waals surface area contributed by atoms with Crippen molar-refractivity contribution in [1.29, 1.82) is 0 Å². The Morgan fingerprint density at radius 1 is 1.13 bits per heavy atom. The predicted molar refractivity (Wildman–Crippen MR) is 109 cm³/mol. The molecule has 0 saturated carbocycles. The Balaban J connectivity index is 1.27. The van der Waals surface area contributed by atoms with Crippen molar-refractivity contribution in [2.45, 2.75) is 20.1 Å². The number of nitrogens with zero attached hydrogens (tertiary/aromatic N) is 2. The Hall–Kier alpha value is -3.94. The van der Waals surface area contributed by atoms with Gasteiger partial charge in [-0.15, -0.1) is 0 Å². The summed E-state index contributed by atoms with van der Waals surface area (Å²) in [6.45, 7) is 3.08. The molecule has 0 atom stereocenters. The molecule has 2 aromatic carbocycles. The number of ether oxygens (including phenoxy) is 3. The molecule has 1 aliphatic rings. The zero-order valence-corrected chi connectivity index (χ0v) is 16.3. The van der Waals surface area contributed by atoms with Crippen molar-refractivity contribution < 1.29 is 23.4 Å². The summed E-state index contributed by atoms with van der Waals surface area (Å²) in [5.41, 5.74) is 1.79. The van der Waals surface area contributed by atoms with Gasteiger partial charge in [-0.05, 0) is 43.3 Å². The number of hydrogen-bond donors (Lipinski definition) is 1. The van der Waals surface area contributed by atoms with Gasteiger partial charge in [0.15, 0.2) is 17.3 Å². The molecule has 1 amide bonds. The summed E-state index contributed by atoms with van der Waals surface area (Å²) in [5.74, 6) is 2.80. The van der Waals surface area contributed by atoms with Crippen molar-refractivity contribution in [2.75, 3.05) is 12.1 Å². The first-order chi connectivity index (χ1) is 14.7. The maximum Gasteiger partial charge on any atom is 0.293 e. The highest BCUT2D eigenvalue weighted by Crippen LogP contribution is 2.35. The van der Waals surface area contributed by atoms with Gasteiger partial charge in [-0.1, -0.05) is 12.1 Å². The van der Waals surface area contributed by atoms with E-state index in [0.717, 1.165) is 11.0 Å². The number of rotatable bonds is 6. The van der Waals surface area contributed by atoms with Crippen LogP contribution in [-0.2, 0) is 13.2 Å². The number of anilines is 1. The molecule has 30 heavy (non-hydrogen) atoms. The lowest BCUT2D eigenvalue weighted by molar-refractivity contribution is 0.0991. The van der Waals surface area contributed by atoms with Gasteiger partial charge >= 0.3 is 0 Å². The first-order valence-electron chi connectivity index (χ1n) is 9.59. The molecule has 5 rings (SSSR count). The normalized spacial score (nSPS) is 12.3. The van der Waals surface area contributed by atoms with Crippen LogP contribution in [0, 0.1) is 0 Å². The van der Waals surface area contributed by atoms with Crippen molar-refractivity contribution in [1.82, 2.24) is 9.55 Å². The van der Waals surface area contributed by atoms with E-state index in [9.17, 15) is 4.79 Å². The minimum Gasteiger partial charge on any atom is -0.486 e. The Kier molecular flexibility index (Phi) is 4.51. The zero-order chi connectivity index (χ0) is 20.5. The Labute approximate surface area is 172 Å². The topological polar surface area (TPSA) is 87.8 Å². The number of benzene rings is 2. The van der Waals surface area contributed by atoms with Gasteiger partial charge in [0.05, 0.1) is 11.0 Å². The first-order valence-corrected chi connectivity index (χ1v) is 9.59. The number of carbonyl (C=O) groups excluding carboxylic acids is 1. The number of amides is 1. The molecule has 0 spiro atoms. The Morgan fingerprint density at radius 3 is 2.90 bits per heavy atom. The molecular weight excluding hydrogens is 386 g/mol. The van der Waals surface area contributed by atoms with Crippen molar-refractivity contribution in [3.63, 3.8) is 0 Å². The zero-order valence-electron chi connectivity index (χ0n) is 16.3. The summed E-state index contributed by atoms with van der Waals surface area (Å²) in [6.07, 6.45) is 0. The number of hydrogen-bond acceptors (Lipinski definition) is 6. The van der Waals surface area contributed by atoms with E-state index in [0.29, 0.717) is 35.5 Å². The average Bonchev–Trinajstić information content (AvgIpc) is 3.49. The lowest BCUT2D eigenvalue weighted by Gasteiger charge is -2.06. The van der Waals surface area contributed by atoms with Gasteiger partial charge < -0.3 is 23.2 Å². The highest BCUT2D eigenvalue weighted by molar-refractivity contribution is 6.02. The molecule has 1 N–H and O–H groups in total. The summed E-state index contributed by atoms with van der Waals surface area (Å²) < 4.78 is 23.9. The SMILES string of the molecule is CCn1c(NC(=O)c2ccc(COc3ccc4c(c3)OCO4)o2)nc2ccccc21.